The van der Waals surface area contributed by atoms with Crippen LogP contribution in [0.4, 0.5) is 0 Å². The molecule has 0 N–H and O–H groups in total. The average molecular weight is 407 g/mol. The minimum absolute atomic E-state index is 0.223. The van der Waals surface area contributed by atoms with E-state index in [1.807, 2.05) is 6.92 Å². The number of ether oxygens (including phenoxy) is 3. The number of rotatable bonds is 6. The molecule has 1 aliphatic heterocycles. The predicted octanol–water partition coefficient (Wildman–Crippen LogP) is 5.38. The summed E-state index contributed by atoms with van der Waals surface area (Å²) in [6.07, 6.45) is 8.78. The van der Waals surface area contributed by atoms with Gasteiger partial charge in [0.25, 0.3) is 0 Å². The Balaban J connectivity index is 1.49. The van der Waals surface area contributed by atoms with Crippen molar-refractivity contribution < 1.29 is 19.0 Å². The second kappa shape index (κ2) is 7.91. The first-order chi connectivity index (χ1) is 13.7. The fraction of sp³-hybridized carbons (Fsp3) is 0.960. The molecular weight excluding hydrogens is 364 g/mol. The van der Waals surface area contributed by atoms with E-state index in [0.29, 0.717) is 54.2 Å². The normalized spacial score (nSPS) is 44.1. The fourth-order valence-corrected chi connectivity index (χ4v) is 7.32. The van der Waals surface area contributed by atoms with Crippen LogP contribution in [0.15, 0.2) is 0 Å². The lowest BCUT2D eigenvalue weighted by molar-refractivity contribution is -0.166. The first-order valence-corrected chi connectivity index (χ1v) is 12.1. The first kappa shape index (κ1) is 21.8. The van der Waals surface area contributed by atoms with Crippen molar-refractivity contribution in [2.24, 2.45) is 34.5 Å². The van der Waals surface area contributed by atoms with Crippen LogP contribution in [0.5, 0.6) is 0 Å². The summed E-state index contributed by atoms with van der Waals surface area (Å²) in [5, 5.41) is 0. The predicted molar refractivity (Wildman–Crippen MR) is 114 cm³/mol. The molecule has 3 aliphatic carbocycles. The van der Waals surface area contributed by atoms with E-state index in [1.165, 1.54) is 25.7 Å². The molecule has 1 heterocycles. The molecule has 4 rings (SSSR count). The highest BCUT2D eigenvalue weighted by Gasteiger charge is 2.60. The summed E-state index contributed by atoms with van der Waals surface area (Å²) >= 11 is 0. The molecule has 166 valence electrons. The molecule has 4 heteroatoms. The van der Waals surface area contributed by atoms with Gasteiger partial charge in [-0.25, -0.2) is 0 Å². The number of carbonyl (C=O) groups excluding carboxylic acids is 1. The fourth-order valence-electron chi connectivity index (χ4n) is 7.32. The summed E-state index contributed by atoms with van der Waals surface area (Å²) in [5.74, 6) is 2.46. The standard InChI is InChI=1S/C25H42O4/c1-17(2)16-27-22-9-7-19-18-6-8-21(26)23(3,20(18)10-11-24(19,22)4)12-13-25(5)28-14-15-29-25/h17-20,22H,6-16H2,1-5H3/t18?,19?,20?,22-,23+,24-/m1/s1. The van der Waals surface area contributed by atoms with Crippen molar-refractivity contribution in [2.45, 2.75) is 97.9 Å². The second-order valence-corrected chi connectivity index (χ2v) is 11.4. The van der Waals surface area contributed by atoms with Gasteiger partial charge in [0.05, 0.1) is 19.3 Å². The van der Waals surface area contributed by atoms with Crippen LogP contribution in [0.1, 0.15) is 86.0 Å². The van der Waals surface area contributed by atoms with Crippen molar-refractivity contribution in [3.8, 4) is 0 Å². The number of ketones is 1. The molecular formula is C25H42O4. The van der Waals surface area contributed by atoms with Crippen molar-refractivity contribution in [3.05, 3.63) is 0 Å². The lowest BCUT2D eigenvalue weighted by Crippen LogP contribution is -2.53. The van der Waals surface area contributed by atoms with Crippen LogP contribution in [0.2, 0.25) is 0 Å². The Labute approximate surface area is 177 Å². The van der Waals surface area contributed by atoms with E-state index in [1.54, 1.807) is 0 Å². The third-order valence-electron chi connectivity index (χ3n) is 9.14. The Morgan fingerprint density at radius 2 is 1.72 bits per heavy atom. The van der Waals surface area contributed by atoms with Gasteiger partial charge in [0.1, 0.15) is 5.78 Å². The monoisotopic (exact) mass is 406 g/mol. The summed E-state index contributed by atoms with van der Waals surface area (Å²) in [7, 11) is 0. The molecule has 0 bridgehead atoms. The lowest BCUT2D eigenvalue weighted by Gasteiger charge is -2.56. The van der Waals surface area contributed by atoms with E-state index in [2.05, 4.69) is 27.7 Å². The quantitative estimate of drug-likeness (QED) is 0.594. The van der Waals surface area contributed by atoms with Crippen LogP contribution in [-0.2, 0) is 19.0 Å². The zero-order chi connectivity index (χ0) is 20.9. The molecule has 0 aromatic rings. The van der Waals surface area contributed by atoms with Gasteiger partial charge in [-0.3, -0.25) is 4.79 Å². The van der Waals surface area contributed by atoms with Gasteiger partial charge >= 0.3 is 0 Å². The Hall–Kier alpha value is -0.450. The van der Waals surface area contributed by atoms with Crippen molar-refractivity contribution >= 4 is 5.78 Å². The summed E-state index contributed by atoms with van der Waals surface area (Å²) in [6.45, 7) is 13.5. The van der Waals surface area contributed by atoms with E-state index in [4.69, 9.17) is 14.2 Å². The van der Waals surface area contributed by atoms with E-state index in [0.717, 1.165) is 32.3 Å². The highest BCUT2D eigenvalue weighted by atomic mass is 16.7. The maximum absolute atomic E-state index is 13.2. The van der Waals surface area contributed by atoms with Gasteiger partial charge in [0.15, 0.2) is 5.79 Å². The summed E-state index contributed by atoms with van der Waals surface area (Å²) in [6, 6.07) is 0. The summed E-state index contributed by atoms with van der Waals surface area (Å²) in [5.41, 5.74) is 0.0699. The minimum atomic E-state index is -0.497. The highest BCUT2D eigenvalue weighted by molar-refractivity contribution is 5.85. The van der Waals surface area contributed by atoms with Crippen LogP contribution in [0, 0.1) is 34.5 Å². The van der Waals surface area contributed by atoms with Crippen molar-refractivity contribution in [1.29, 1.82) is 0 Å². The first-order valence-electron chi connectivity index (χ1n) is 12.1. The van der Waals surface area contributed by atoms with Crippen LogP contribution < -0.4 is 0 Å². The third-order valence-corrected chi connectivity index (χ3v) is 9.14. The molecule has 6 atom stereocenters. The molecule has 4 nitrogen and oxygen atoms in total. The molecule has 0 aromatic heterocycles. The average Bonchev–Trinajstić information content (AvgIpc) is 3.25. The van der Waals surface area contributed by atoms with Gasteiger partial charge in [0, 0.05) is 24.9 Å². The molecule has 4 fully saturated rings. The smallest absolute Gasteiger partial charge is 0.165 e. The molecule has 0 radical (unpaired) electrons. The topological polar surface area (TPSA) is 44.8 Å². The number of fused-ring (bicyclic) bond motifs is 3. The lowest BCUT2D eigenvalue weighted by atomic mass is 9.49. The molecule has 1 saturated heterocycles. The Bertz CT molecular complexity index is 610. The highest BCUT2D eigenvalue weighted by Crippen LogP contribution is 2.63. The molecule has 0 spiro atoms. The maximum atomic E-state index is 13.2. The van der Waals surface area contributed by atoms with Gasteiger partial charge in [-0.15, -0.1) is 0 Å². The van der Waals surface area contributed by atoms with E-state index in [-0.39, 0.29) is 5.41 Å². The molecule has 3 unspecified atom stereocenters. The second-order valence-electron chi connectivity index (χ2n) is 11.4. The van der Waals surface area contributed by atoms with Crippen LogP contribution >= 0.6 is 0 Å². The van der Waals surface area contributed by atoms with Crippen molar-refractivity contribution in [2.75, 3.05) is 19.8 Å². The Kier molecular flexibility index (Phi) is 5.94. The zero-order valence-corrected chi connectivity index (χ0v) is 19.3. The molecule has 0 aromatic carbocycles. The number of hydrogen-bond donors (Lipinski definition) is 0. The molecule has 29 heavy (non-hydrogen) atoms. The van der Waals surface area contributed by atoms with E-state index in [9.17, 15) is 4.79 Å². The van der Waals surface area contributed by atoms with E-state index < -0.39 is 5.79 Å². The van der Waals surface area contributed by atoms with E-state index >= 15 is 0 Å². The maximum Gasteiger partial charge on any atom is 0.165 e. The van der Waals surface area contributed by atoms with Crippen LogP contribution in [-0.4, -0.2) is 37.5 Å². The number of carbonyl (C=O) groups is 1. The van der Waals surface area contributed by atoms with Crippen LogP contribution in [0.3, 0.4) is 0 Å². The summed E-state index contributed by atoms with van der Waals surface area (Å²) in [4.78, 5) is 13.2. The molecule has 0 amide bonds. The van der Waals surface area contributed by atoms with Crippen molar-refractivity contribution in [1.82, 2.24) is 0 Å². The number of hydrogen-bond acceptors (Lipinski definition) is 4. The van der Waals surface area contributed by atoms with Crippen LogP contribution in [0.25, 0.3) is 0 Å². The Morgan fingerprint density at radius 1 is 1.00 bits per heavy atom. The van der Waals surface area contributed by atoms with Gasteiger partial charge in [0.2, 0.25) is 0 Å². The largest absolute Gasteiger partial charge is 0.377 e. The van der Waals surface area contributed by atoms with Gasteiger partial charge < -0.3 is 14.2 Å². The third kappa shape index (κ3) is 3.83. The van der Waals surface area contributed by atoms with Gasteiger partial charge in [-0.1, -0.05) is 27.7 Å². The minimum Gasteiger partial charge on any atom is -0.377 e. The SMILES string of the molecule is CC(C)CO[C@@H]1CCC2C3CCC(=O)[C@@](C)(CCC4(C)OCCO4)C3CC[C@]21C. The molecule has 3 saturated carbocycles. The van der Waals surface area contributed by atoms with Gasteiger partial charge in [-0.05, 0) is 74.5 Å². The zero-order valence-electron chi connectivity index (χ0n) is 19.3. The summed E-state index contributed by atoms with van der Waals surface area (Å²) < 4.78 is 18.1. The Morgan fingerprint density at radius 3 is 2.41 bits per heavy atom. The van der Waals surface area contributed by atoms with Crippen molar-refractivity contribution in [3.63, 3.8) is 0 Å². The number of Topliss-reactive ketones (excluding diaryl/α,β-unsaturated/α-hetero) is 1. The van der Waals surface area contributed by atoms with Gasteiger partial charge in [-0.2, -0.15) is 0 Å². The molecule has 4 aliphatic rings.